The van der Waals surface area contributed by atoms with E-state index in [0.717, 1.165) is 41.6 Å². The van der Waals surface area contributed by atoms with Gasteiger partial charge in [0.25, 0.3) is 0 Å². The first-order valence-electron chi connectivity index (χ1n) is 7.51. The van der Waals surface area contributed by atoms with Gasteiger partial charge < -0.3 is 10.1 Å². The molecule has 0 bridgehead atoms. The molecular formula is C18H21Cl2NO. The van der Waals surface area contributed by atoms with Gasteiger partial charge in [-0.1, -0.05) is 41.9 Å². The molecule has 1 heterocycles. The minimum atomic E-state index is 0. The average Bonchev–Trinajstić information content (AvgIpc) is 2.55. The Kier molecular flexibility index (Phi) is 6.56. The molecule has 0 unspecified atom stereocenters. The Morgan fingerprint density at radius 1 is 1.05 bits per heavy atom. The summed E-state index contributed by atoms with van der Waals surface area (Å²) in [5, 5.41) is 4.12. The fourth-order valence-corrected chi connectivity index (χ4v) is 2.90. The van der Waals surface area contributed by atoms with Crippen molar-refractivity contribution in [3.05, 3.63) is 53.6 Å². The van der Waals surface area contributed by atoms with E-state index in [9.17, 15) is 0 Å². The van der Waals surface area contributed by atoms with Gasteiger partial charge in [0.15, 0.2) is 0 Å². The highest BCUT2D eigenvalue weighted by Gasteiger charge is 2.15. The second kappa shape index (κ2) is 8.42. The third kappa shape index (κ3) is 4.39. The smallest absolute Gasteiger partial charge is 0.127 e. The second-order valence-electron chi connectivity index (χ2n) is 5.51. The summed E-state index contributed by atoms with van der Waals surface area (Å²) in [6.07, 6.45) is 2.38. The van der Waals surface area contributed by atoms with Crippen molar-refractivity contribution in [1.29, 1.82) is 0 Å². The van der Waals surface area contributed by atoms with E-state index in [1.165, 1.54) is 12.8 Å². The lowest BCUT2D eigenvalue weighted by Crippen LogP contribution is -2.30. The standard InChI is InChI=1S/C18H20ClNO.ClH/c19-16-6-7-18(21-13-14-8-10-20-11-9-14)17(12-16)15-4-2-1-3-5-15;/h1-7,12,14,20H,8-11,13H2;1H. The maximum atomic E-state index is 6.15. The number of hydrogen-bond donors (Lipinski definition) is 1. The van der Waals surface area contributed by atoms with Gasteiger partial charge in [-0.25, -0.2) is 0 Å². The largest absolute Gasteiger partial charge is 0.493 e. The quantitative estimate of drug-likeness (QED) is 0.864. The van der Waals surface area contributed by atoms with Gasteiger partial charge in [-0.3, -0.25) is 0 Å². The van der Waals surface area contributed by atoms with Crippen molar-refractivity contribution in [3.63, 3.8) is 0 Å². The molecule has 1 fully saturated rings. The number of halogens is 2. The van der Waals surface area contributed by atoms with Gasteiger partial charge in [-0.2, -0.15) is 0 Å². The van der Waals surface area contributed by atoms with Crippen LogP contribution in [0.15, 0.2) is 48.5 Å². The molecule has 0 aliphatic carbocycles. The summed E-state index contributed by atoms with van der Waals surface area (Å²) in [6, 6.07) is 16.1. The highest BCUT2D eigenvalue weighted by Crippen LogP contribution is 2.33. The molecule has 1 aliphatic heterocycles. The van der Waals surface area contributed by atoms with Crippen LogP contribution in [0.5, 0.6) is 5.75 Å². The predicted molar refractivity (Wildman–Crippen MR) is 95.2 cm³/mol. The number of nitrogens with one attached hydrogen (secondary N) is 1. The number of hydrogen-bond acceptors (Lipinski definition) is 2. The maximum Gasteiger partial charge on any atom is 0.127 e. The van der Waals surface area contributed by atoms with Crippen molar-refractivity contribution in [3.8, 4) is 16.9 Å². The van der Waals surface area contributed by atoms with Crippen molar-refractivity contribution in [2.24, 2.45) is 5.92 Å². The lowest BCUT2D eigenvalue weighted by Gasteiger charge is -2.23. The van der Waals surface area contributed by atoms with Crippen LogP contribution in [0.1, 0.15) is 12.8 Å². The van der Waals surface area contributed by atoms with Gasteiger partial charge in [0.2, 0.25) is 0 Å². The van der Waals surface area contributed by atoms with Crippen LogP contribution in [-0.4, -0.2) is 19.7 Å². The number of rotatable bonds is 4. The average molecular weight is 338 g/mol. The van der Waals surface area contributed by atoms with E-state index in [-0.39, 0.29) is 12.4 Å². The fourth-order valence-electron chi connectivity index (χ4n) is 2.73. The molecule has 3 rings (SSSR count). The van der Waals surface area contributed by atoms with Crippen LogP contribution in [0.25, 0.3) is 11.1 Å². The van der Waals surface area contributed by atoms with Gasteiger partial charge in [-0.15, -0.1) is 12.4 Å². The van der Waals surface area contributed by atoms with Gasteiger partial charge in [0.05, 0.1) is 6.61 Å². The minimum Gasteiger partial charge on any atom is -0.493 e. The van der Waals surface area contributed by atoms with E-state index >= 15 is 0 Å². The zero-order valence-electron chi connectivity index (χ0n) is 12.4. The highest BCUT2D eigenvalue weighted by molar-refractivity contribution is 6.31. The van der Waals surface area contributed by atoms with E-state index in [0.29, 0.717) is 5.92 Å². The van der Waals surface area contributed by atoms with Crippen LogP contribution in [0.4, 0.5) is 0 Å². The Labute approximate surface area is 143 Å². The zero-order valence-corrected chi connectivity index (χ0v) is 14.0. The topological polar surface area (TPSA) is 21.3 Å². The minimum absolute atomic E-state index is 0. The summed E-state index contributed by atoms with van der Waals surface area (Å²) >= 11 is 6.15. The van der Waals surface area contributed by atoms with Gasteiger partial charge in [0, 0.05) is 10.6 Å². The lowest BCUT2D eigenvalue weighted by molar-refractivity contribution is 0.216. The molecule has 22 heavy (non-hydrogen) atoms. The summed E-state index contributed by atoms with van der Waals surface area (Å²) in [6.45, 7) is 2.98. The molecule has 2 aromatic carbocycles. The molecule has 1 saturated heterocycles. The Hall–Kier alpha value is -1.22. The first kappa shape index (κ1) is 17.1. The molecule has 118 valence electrons. The van der Waals surface area contributed by atoms with E-state index in [1.807, 2.05) is 36.4 Å². The van der Waals surface area contributed by atoms with Crippen molar-refractivity contribution < 1.29 is 4.74 Å². The molecule has 0 radical (unpaired) electrons. The van der Waals surface area contributed by atoms with Crippen molar-refractivity contribution in [2.75, 3.05) is 19.7 Å². The molecule has 0 spiro atoms. The summed E-state index contributed by atoms with van der Waals surface area (Å²) < 4.78 is 6.10. The molecule has 1 aliphatic rings. The van der Waals surface area contributed by atoms with E-state index < -0.39 is 0 Å². The highest BCUT2D eigenvalue weighted by atomic mass is 35.5. The fraction of sp³-hybridized carbons (Fsp3) is 0.333. The molecule has 0 atom stereocenters. The van der Waals surface area contributed by atoms with Gasteiger partial charge in [0.1, 0.15) is 5.75 Å². The summed E-state index contributed by atoms with van der Waals surface area (Å²) in [5.74, 6) is 1.56. The molecule has 0 aromatic heterocycles. The second-order valence-corrected chi connectivity index (χ2v) is 5.95. The molecule has 2 aromatic rings. The van der Waals surface area contributed by atoms with Gasteiger partial charge in [-0.05, 0) is 55.6 Å². The third-order valence-corrected chi connectivity index (χ3v) is 4.19. The van der Waals surface area contributed by atoms with Crippen LogP contribution >= 0.6 is 24.0 Å². The summed E-state index contributed by atoms with van der Waals surface area (Å²) in [7, 11) is 0. The van der Waals surface area contributed by atoms with Crippen LogP contribution in [0.3, 0.4) is 0 Å². The molecule has 0 amide bonds. The van der Waals surface area contributed by atoms with Gasteiger partial charge >= 0.3 is 0 Å². The van der Waals surface area contributed by atoms with E-state index in [1.54, 1.807) is 0 Å². The number of piperidine rings is 1. The Morgan fingerprint density at radius 3 is 2.50 bits per heavy atom. The molecular weight excluding hydrogens is 317 g/mol. The van der Waals surface area contributed by atoms with Crippen molar-refractivity contribution >= 4 is 24.0 Å². The third-order valence-electron chi connectivity index (χ3n) is 3.96. The Bertz CT molecular complexity index is 583. The van der Waals surface area contributed by atoms with Crippen molar-refractivity contribution in [2.45, 2.75) is 12.8 Å². The predicted octanol–water partition coefficient (Wildman–Crippen LogP) is 4.81. The van der Waals surface area contributed by atoms with Crippen LogP contribution in [0, 0.1) is 5.92 Å². The number of ether oxygens (including phenoxy) is 1. The van der Waals surface area contributed by atoms with Crippen molar-refractivity contribution in [1.82, 2.24) is 5.32 Å². The Balaban J connectivity index is 0.00000176. The lowest BCUT2D eigenvalue weighted by atomic mass is 9.99. The zero-order chi connectivity index (χ0) is 14.5. The Morgan fingerprint density at radius 2 is 1.77 bits per heavy atom. The summed E-state index contributed by atoms with van der Waals surface area (Å²) in [4.78, 5) is 0. The monoisotopic (exact) mass is 337 g/mol. The molecule has 4 heteroatoms. The summed E-state index contributed by atoms with van der Waals surface area (Å²) in [5.41, 5.74) is 2.21. The van der Waals surface area contributed by atoms with Crippen LogP contribution in [0.2, 0.25) is 5.02 Å². The molecule has 2 nitrogen and oxygen atoms in total. The SMILES string of the molecule is Cl.Clc1ccc(OCC2CCNCC2)c(-c2ccccc2)c1. The normalized spacial score (nSPS) is 15.1. The maximum absolute atomic E-state index is 6.15. The first-order valence-corrected chi connectivity index (χ1v) is 7.89. The number of benzene rings is 2. The van der Waals surface area contributed by atoms with Crippen LogP contribution in [-0.2, 0) is 0 Å². The first-order chi connectivity index (χ1) is 10.3. The molecule has 0 saturated carbocycles. The molecule has 1 N–H and O–H groups in total. The van der Waals surface area contributed by atoms with E-state index in [2.05, 4.69) is 17.4 Å². The van der Waals surface area contributed by atoms with Crippen LogP contribution < -0.4 is 10.1 Å². The van der Waals surface area contributed by atoms with E-state index in [4.69, 9.17) is 16.3 Å².